The Kier molecular flexibility index (Phi) is 4.16. The first-order valence-corrected chi connectivity index (χ1v) is 6.14. The van der Waals surface area contributed by atoms with Crippen LogP contribution in [0.2, 0.25) is 5.02 Å². The number of halogens is 1. The summed E-state index contributed by atoms with van der Waals surface area (Å²) in [6.07, 6.45) is 0. The number of benzene rings is 2. The molecule has 1 N–H and O–H groups in total. The van der Waals surface area contributed by atoms with Crippen molar-refractivity contribution >= 4 is 28.9 Å². The summed E-state index contributed by atoms with van der Waals surface area (Å²) < 4.78 is 0. The molecule has 104 valence electrons. The summed E-state index contributed by atoms with van der Waals surface area (Å²) in [6.45, 7) is 0. The van der Waals surface area contributed by atoms with Crippen LogP contribution in [-0.4, -0.2) is 10.8 Å². The van der Waals surface area contributed by atoms with E-state index in [0.29, 0.717) is 11.3 Å². The summed E-state index contributed by atoms with van der Waals surface area (Å²) in [5.41, 5.74) is 0.711. The maximum Gasteiger partial charge on any atom is 0.270 e. The molecule has 0 saturated carbocycles. The van der Waals surface area contributed by atoms with Crippen LogP contribution in [0.25, 0.3) is 0 Å². The molecule has 2 aromatic rings. The molecule has 0 heterocycles. The molecule has 0 bridgehead atoms. The number of anilines is 1. The molecule has 0 fully saturated rings. The highest BCUT2D eigenvalue weighted by atomic mass is 35.5. The summed E-state index contributed by atoms with van der Waals surface area (Å²) in [5.74, 6) is -0.562. The van der Waals surface area contributed by atoms with Gasteiger partial charge in [-0.1, -0.05) is 11.6 Å². The third kappa shape index (κ3) is 3.35. The first-order valence-electron chi connectivity index (χ1n) is 5.76. The van der Waals surface area contributed by atoms with Gasteiger partial charge < -0.3 is 5.32 Å². The van der Waals surface area contributed by atoms with E-state index in [0.717, 1.165) is 6.07 Å². The largest absolute Gasteiger partial charge is 0.322 e. The Hall–Kier alpha value is -2.91. The minimum absolute atomic E-state index is 0.00947. The van der Waals surface area contributed by atoms with Crippen molar-refractivity contribution in [2.24, 2.45) is 0 Å². The van der Waals surface area contributed by atoms with E-state index in [-0.39, 0.29) is 16.3 Å². The zero-order valence-electron chi connectivity index (χ0n) is 10.5. The van der Waals surface area contributed by atoms with Gasteiger partial charge in [-0.05, 0) is 30.3 Å². The van der Waals surface area contributed by atoms with Crippen molar-refractivity contribution in [1.29, 1.82) is 5.26 Å². The zero-order valence-corrected chi connectivity index (χ0v) is 11.3. The lowest BCUT2D eigenvalue weighted by molar-refractivity contribution is -0.384. The van der Waals surface area contributed by atoms with Crippen LogP contribution in [0.1, 0.15) is 15.9 Å². The van der Waals surface area contributed by atoms with E-state index in [1.54, 1.807) is 24.3 Å². The van der Waals surface area contributed by atoms with Crippen molar-refractivity contribution in [2.45, 2.75) is 0 Å². The van der Waals surface area contributed by atoms with Crippen molar-refractivity contribution in [3.63, 3.8) is 0 Å². The number of non-ortho nitro benzene ring substituents is 1. The predicted molar refractivity (Wildman–Crippen MR) is 77.2 cm³/mol. The van der Waals surface area contributed by atoms with Crippen LogP contribution in [0.3, 0.4) is 0 Å². The van der Waals surface area contributed by atoms with Gasteiger partial charge in [0, 0.05) is 17.8 Å². The van der Waals surface area contributed by atoms with Gasteiger partial charge in [-0.3, -0.25) is 14.9 Å². The SMILES string of the molecule is N#Cc1ccc(NC(=O)c2cc([N+](=O)[O-])ccc2Cl)cc1. The Morgan fingerprint density at radius 2 is 1.90 bits per heavy atom. The molecule has 0 aliphatic rings. The molecule has 2 rings (SSSR count). The second-order valence-electron chi connectivity index (χ2n) is 4.06. The summed E-state index contributed by atoms with van der Waals surface area (Å²) >= 11 is 5.88. The number of nitrogens with one attached hydrogen (secondary N) is 1. The van der Waals surface area contributed by atoms with E-state index >= 15 is 0 Å². The highest BCUT2D eigenvalue weighted by molar-refractivity contribution is 6.34. The van der Waals surface area contributed by atoms with Crippen molar-refractivity contribution in [2.75, 3.05) is 5.32 Å². The van der Waals surface area contributed by atoms with E-state index in [1.165, 1.54) is 12.1 Å². The fourth-order valence-corrected chi connectivity index (χ4v) is 1.83. The van der Waals surface area contributed by atoms with Gasteiger partial charge in [-0.25, -0.2) is 0 Å². The van der Waals surface area contributed by atoms with Gasteiger partial charge in [-0.15, -0.1) is 0 Å². The lowest BCUT2D eigenvalue weighted by atomic mass is 10.1. The summed E-state index contributed by atoms with van der Waals surface area (Å²) in [5, 5.41) is 22.1. The van der Waals surface area contributed by atoms with Crippen LogP contribution >= 0.6 is 11.6 Å². The maximum absolute atomic E-state index is 12.1. The summed E-state index contributed by atoms with van der Waals surface area (Å²) in [6, 6.07) is 11.8. The fourth-order valence-electron chi connectivity index (χ4n) is 1.63. The Morgan fingerprint density at radius 1 is 1.24 bits per heavy atom. The monoisotopic (exact) mass is 301 g/mol. The standard InChI is InChI=1S/C14H8ClN3O3/c15-13-6-5-11(18(20)21)7-12(13)14(19)17-10-3-1-9(8-16)2-4-10/h1-7H,(H,17,19). The van der Waals surface area contributed by atoms with Crippen LogP contribution in [0.15, 0.2) is 42.5 Å². The van der Waals surface area contributed by atoms with E-state index in [1.807, 2.05) is 6.07 Å². The van der Waals surface area contributed by atoms with Crippen LogP contribution < -0.4 is 5.32 Å². The average molecular weight is 302 g/mol. The molecule has 7 heteroatoms. The molecule has 0 unspecified atom stereocenters. The first-order chi connectivity index (χ1) is 10.0. The lowest BCUT2D eigenvalue weighted by Crippen LogP contribution is -2.12. The van der Waals surface area contributed by atoms with E-state index in [2.05, 4.69) is 5.32 Å². The van der Waals surface area contributed by atoms with E-state index < -0.39 is 10.8 Å². The number of nitrogens with zero attached hydrogens (tertiary/aromatic N) is 2. The van der Waals surface area contributed by atoms with Crippen LogP contribution in [-0.2, 0) is 0 Å². The molecule has 21 heavy (non-hydrogen) atoms. The number of carbonyl (C=O) groups is 1. The van der Waals surface area contributed by atoms with Crippen molar-refractivity contribution in [1.82, 2.24) is 0 Å². The highest BCUT2D eigenvalue weighted by Gasteiger charge is 2.15. The highest BCUT2D eigenvalue weighted by Crippen LogP contribution is 2.23. The summed E-state index contributed by atoms with van der Waals surface area (Å²) in [7, 11) is 0. The lowest BCUT2D eigenvalue weighted by Gasteiger charge is -2.06. The number of hydrogen-bond donors (Lipinski definition) is 1. The third-order valence-corrected chi connectivity index (χ3v) is 3.01. The van der Waals surface area contributed by atoms with E-state index in [4.69, 9.17) is 16.9 Å². The smallest absolute Gasteiger partial charge is 0.270 e. The number of hydrogen-bond acceptors (Lipinski definition) is 4. The number of nitro groups is 1. The molecule has 0 saturated heterocycles. The molecule has 2 aromatic carbocycles. The molecule has 0 radical (unpaired) electrons. The number of rotatable bonds is 3. The number of carbonyl (C=O) groups excluding carboxylic acids is 1. The second kappa shape index (κ2) is 6.03. The number of nitro benzene ring substituents is 1. The molecular formula is C14H8ClN3O3. The Labute approximate surface area is 124 Å². The molecule has 0 atom stereocenters. The normalized spacial score (nSPS) is 9.71. The third-order valence-electron chi connectivity index (χ3n) is 2.68. The molecule has 6 nitrogen and oxygen atoms in total. The molecule has 1 amide bonds. The first kappa shape index (κ1) is 14.5. The molecule has 0 aliphatic carbocycles. The van der Waals surface area contributed by atoms with Crippen LogP contribution in [0.5, 0.6) is 0 Å². The average Bonchev–Trinajstić information content (AvgIpc) is 2.48. The molecular weight excluding hydrogens is 294 g/mol. The van der Waals surface area contributed by atoms with Crippen molar-refractivity contribution in [3.05, 3.63) is 68.7 Å². The Morgan fingerprint density at radius 3 is 2.48 bits per heavy atom. The quantitative estimate of drug-likeness (QED) is 0.694. The van der Waals surface area contributed by atoms with Gasteiger partial charge >= 0.3 is 0 Å². The maximum atomic E-state index is 12.1. The molecule has 0 spiro atoms. The Bertz CT molecular complexity index is 751. The zero-order chi connectivity index (χ0) is 15.4. The minimum atomic E-state index is -0.602. The molecule has 0 aliphatic heterocycles. The fraction of sp³-hybridized carbons (Fsp3) is 0. The minimum Gasteiger partial charge on any atom is -0.322 e. The van der Waals surface area contributed by atoms with Gasteiger partial charge in [0.05, 0.1) is 27.1 Å². The van der Waals surface area contributed by atoms with Gasteiger partial charge in [0.2, 0.25) is 0 Å². The van der Waals surface area contributed by atoms with Gasteiger partial charge in [0.25, 0.3) is 11.6 Å². The number of nitriles is 1. The van der Waals surface area contributed by atoms with Crippen LogP contribution in [0.4, 0.5) is 11.4 Å². The van der Waals surface area contributed by atoms with Gasteiger partial charge in [-0.2, -0.15) is 5.26 Å². The topological polar surface area (TPSA) is 96.0 Å². The van der Waals surface area contributed by atoms with Crippen molar-refractivity contribution in [3.8, 4) is 6.07 Å². The van der Waals surface area contributed by atoms with Crippen molar-refractivity contribution < 1.29 is 9.72 Å². The summed E-state index contributed by atoms with van der Waals surface area (Å²) in [4.78, 5) is 22.2. The Balaban J connectivity index is 2.25. The van der Waals surface area contributed by atoms with E-state index in [9.17, 15) is 14.9 Å². The number of amides is 1. The second-order valence-corrected chi connectivity index (χ2v) is 4.47. The van der Waals surface area contributed by atoms with Crippen LogP contribution in [0, 0.1) is 21.4 Å². The predicted octanol–water partition coefficient (Wildman–Crippen LogP) is 3.37. The molecule has 0 aromatic heterocycles. The van der Waals surface area contributed by atoms with Gasteiger partial charge in [0.1, 0.15) is 0 Å². The van der Waals surface area contributed by atoms with Gasteiger partial charge in [0.15, 0.2) is 0 Å².